The maximum Gasteiger partial charge on any atom is 0.175 e. The summed E-state index contributed by atoms with van der Waals surface area (Å²) in [5, 5.41) is 5.64. The van der Waals surface area contributed by atoms with Gasteiger partial charge in [-0.15, -0.1) is 0 Å². The van der Waals surface area contributed by atoms with Gasteiger partial charge < -0.3 is 14.8 Å². The van der Waals surface area contributed by atoms with Crippen LogP contribution in [-0.2, 0) is 13.2 Å². The van der Waals surface area contributed by atoms with Gasteiger partial charge >= 0.3 is 0 Å². The van der Waals surface area contributed by atoms with E-state index in [0.717, 1.165) is 21.3 Å². The number of halogens is 2. The Morgan fingerprint density at radius 2 is 1.70 bits per heavy atom. The largest absolute Gasteiger partial charge is 0.493 e. The number of benzene rings is 4. The Labute approximate surface area is 183 Å². The topological polar surface area (TPSA) is 30.5 Å². The monoisotopic (exact) mass is 465 g/mol. The highest BCUT2D eigenvalue weighted by Gasteiger charge is 2.13. The summed E-state index contributed by atoms with van der Waals surface area (Å²) >= 11 is 3.62. The van der Waals surface area contributed by atoms with Crippen molar-refractivity contribution in [3.63, 3.8) is 0 Å². The number of rotatable bonds is 7. The zero-order chi connectivity index (χ0) is 20.9. The van der Waals surface area contributed by atoms with Crippen molar-refractivity contribution in [2.24, 2.45) is 0 Å². The molecule has 4 aromatic carbocycles. The molecule has 0 aliphatic rings. The van der Waals surface area contributed by atoms with Gasteiger partial charge in [-0.05, 0) is 74.2 Å². The lowest BCUT2D eigenvalue weighted by Crippen LogP contribution is -2.03. The molecule has 3 nitrogen and oxygen atoms in total. The molecule has 0 spiro atoms. The second-order valence-corrected chi connectivity index (χ2v) is 7.75. The highest BCUT2D eigenvalue weighted by Crippen LogP contribution is 2.37. The van der Waals surface area contributed by atoms with Gasteiger partial charge in [0.1, 0.15) is 12.4 Å². The van der Waals surface area contributed by atoms with Gasteiger partial charge in [-0.2, -0.15) is 0 Å². The van der Waals surface area contributed by atoms with Gasteiger partial charge in [0.15, 0.2) is 11.5 Å². The molecule has 0 radical (unpaired) electrons. The zero-order valence-corrected chi connectivity index (χ0v) is 18.1. The molecule has 0 atom stereocenters. The summed E-state index contributed by atoms with van der Waals surface area (Å²) in [6.07, 6.45) is 0. The Balaban J connectivity index is 1.51. The van der Waals surface area contributed by atoms with Crippen molar-refractivity contribution in [2.45, 2.75) is 13.2 Å². The van der Waals surface area contributed by atoms with Crippen molar-refractivity contribution in [2.75, 3.05) is 12.4 Å². The van der Waals surface area contributed by atoms with E-state index in [9.17, 15) is 4.39 Å². The third-order valence-electron chi connectivity index (χ3n) is 4.88. The molecule has 0 amide bonds. The van der Waals surface area contributed by atoms with Gasteiger partial charge in [-0.25, -0.2) is 4.39 Å². The first-order chi connectivity index (χ1) is 14.6. The third kappa shape index (κ3) is 4.57. The number of hydrogen-bond acceptors (Lipinski definition) is 3. The summed E-state index contributed by atoms with van der Waals surface area (Å²) < 4.78 is 25.6. The van der Waals surface area contributed by atoms with Crippen molar-refractivity contribution in [3.8, 4) is 11.5 Å². The van der Waals surface area contributed by atoms with Gasteiger partial charge in [0, 0.05) is 12.2 Å². The van der Waals surface area contributed by atoms with E-state index in [0.29, 0.717) is 24.7 Å². The highest BCUT2D eigenvalue weighted by atomic mass is 79.9. The van der Waals surface area contributed by atoms with Crippen molar-refractivity contribution in [3.05, 3.63) is 100 Å². The molecule has 152 valence electrons. The summed E-state index contributed by atoms with van der Waals surface area (Å²) in [6.45, 7) is 1.01. The van der Waals surface area contributed by atoms with Crippen LogP contribution in [0.5, 0.6) is 11.5 Å². The molecule has 30 heavy (non-hydrogen) atoms. The van der Waals surface area contributed by atoms with Crippen LogP contribution in [0.1, 0.15) is 11.1 Å². The van der Waals surface area contributed by atoms with E-state index in [1.165, 1.54) is 22.9 Å². The fourth-order valence-electron chi connectivity index (χ4n) is 3.36. The third-order valence-corrected chi connectivity index (χ3v) is 5.47. The predicted molar refractivity (Wildman–Crippen MR) is 123 cm³/mol. The number of ether oxygens (including phenoxy) is 2. The average Bonchev–Trinajstić information content (AvgIpc) is 2.77. The number of methoxy groups -OCH3 is 1. The number of anilines is 1. The molecule has 0 bridgehead atoms. The first kappa shape index (κ1) is 20.2. The van der Waals surface area contributed by atoms with Crippen molar-refractivity contribution >= 4 is 32.4 Å². The van der Waals surface area contributed by atoms with Crippen LogP contribution in [0.25, 0.3) is 10.8 Å². The minimum atomic E-state index is -0.252. The van der Waals surface area contributed by atoms with E-state index in [-0.39, 0.29) is 5.82 Å². The fourth-order valence-corrected chi connectivity index (χ4v) is 3.96. The molecule has 0 unspecified atom stereocenters. The second-order valence-electron chi connectivity index (χ2n) is 6.90. The molecular formula is C25H21BrFNO2. The first-order valence-corrected chi connectivity index (χ1v) is 10.4. The Morgan fingerprint density at radius 1 is 0.933 bits per heavy atom. The molecule has 0 aromatic heterocycles. The van der Waals surface area contributed by atoms with E-state index >= 15 is 0 Å². The molecule has 0 saturated heterocycles. The smallest absolute Gasteiger partial charge is 0.175 e. The quantitative estimate of drug-likeness (QED) is 0.320. The SMILES string of the molecule is COc1cc(CNc2ccc(F)cc2)cc(Br)c1OCc1cccc2ccccc12. The summed E-state index contributed by atoms with van der Waals surface area (Å²) in [7, 11) is 1.63. The van der Waals surface area contributed by atoms with Crippen LogP contribution in [0.2, 0.25) is 0 Å². The first-order valence-electron chi connectivity index (χ1n) is 9.59. The zero-order valence-electron chi connectivity index (χ0n) is 16.5. The maximum absolute atomic E-state index is 13.1. The molecule has 0 aliphatic carbocycles. The molecule has 4 aromatic rings. The Morgan fingerprint density at radius 3 is 2.50 bits per heavy atom. The molecule has 5 heteroatoms. The lowest BCUT2D eigenvalue weighted by molar-refractivity contribution is 0.283. The van der Waals surface area contributed by atoms with Crippen molar-refractivity contribution in [1.82, 2.24) is 0 Å². The van der Waals surface area contributed by atoms with Crippen LogP contribution in [-0.4, -0.2) is 7.11 Å². The van der Waals surface area contributed by atoms with Gasteiger partial charge in [0.05, 0.1) is 11.6 Å². The van der Waals surface area contributed by atoms with Gasteiger partial charge in [0.25, 0.3) is 0 Å². The number of nitrogens with one attached hydrogen (secondary N) is 1. The number of hydrogen-bond donors (Lipinski definition) is 1. The highest BCUT2D eigenvalue weighted by molar-refractivity contribution is 9.10. The molecule has 4 rings (SSSR count). The molecule has 0 heterocycles. The van der Waals surface area contributed by atoms with Crippen molar-refractivity contribution in [1.29, 1.82) is 0 Å². The van der Waals surface area contributed by atoms with Crippen molar-refractivity contribution < 1.29 is 13.9 Å². The summed E-state index contributed by atoms with van der Waals surface area (Å²) in [5.41, 5.74) is 2.98. The number of fused-ring (bicyclic) bond motifs is 1. The van der Waals surface area contributed by atoms with Crippen LogP contribution in [0.4, 0.5) is 10.1 Å². The maximum atomic E-state index is 13.1. The van der Waals surface area contributed by atoms with E-state index < -0.39 is 0 Å². The van der Waals surface area contributed by atoms with E-state index in [1.54, 1.807) is 19.2 Å². The fraction of sp³-hybridized carbons (Fsp3) is 0.120. The van der Waals surface area contributed by atoms with Crippen LogP contribution in [0, 0.1) is 5.82 Å². The molecule has 0 saturated carbocycles. The van der Waals surface area contributed by atoms with E-state index in [2.05, 4.69) is 45.5 Å². The van der Waals surface area contributed by atoms with Crippen LogP contribution >= 0.6 is 15.9 Å². The van der Waals surface area contributed by atoms with Crippen LogP contribution in [0.3, 0.4) is 0 Å². The van der Waals surface area contributed by atoms with Crippen LogP contribution < -0.4 is 14.8 Å². The van der Waals surface area contributed by atoms with Gasteiger partial charge in [-0.3, -0.25) is 0 Å². The van der Waals surface area contributed by atoms with E-state index in [4.69, 9.17) is 9.47 Å². The predicted octanol–water partition coefficient (Wildman–Crippen LogP) is 6.94. The summed E-state index contributed by atoms with van der Waals surface area (Å²) in [6, 6.07) is 24.7. The standard InChI is InChI=1S/C25H21BrFNO2/c1-29-24-14-17(15-28-21-11-9-20(27)10-12-21)13-23(26)25(24)30-16-19-7-4-6-18-5-2-3-8-22(18)19/h2-14,28H,15-16H2,1H3. The average molecular weight is 466 g/mol. The van der Waals surface area contributed by atoms with Gasteiger partial charge in [0.2, 0.25) is 0 Å². The Hall–Kier alpha value is -3.05. The Kier molecular flexibility index (Phi) is 6.19. The Bertz CT molecular complexity index is 1160. The minimum Gasteiger partial charge on any atom is -0.493 e. The molecule has 0 fully saturated rings. The molecular weight excluding hydrogens is 445 g/mol. The minimum absolute atomic E-state index is 0.252. The summed E-state index contributed by atoms with van der Waals surface area (Å²) in [4.78, 5) is 0. The van der Waals surface area contributed by atoms with E-state index in [1.807, 2.05) is 30.3 Å². The lowest BCUT2D eigenvalue weighted by atomic mass is 10.1. The molecule has 1 N–H and O–H groups in total. The summed E-state index contributed by atoms with van der Waals surface area (Å²) in [5.74, 6) is 1.06. The van der Waals surface area contributed by atoms with Crippen LogP contribution in [0.15, 0.2) is 83.3 Å². The lowest BCUT2D eigenvalue weighted by Gasteiger charge is -2.16. The second kappa shape index (κ2) is 9.18. The molecule has 0 aliphatic heterocycles. The van der Waals surface area contributed by atoms with Gasteiger partial charge in [-0.1, -0.05) is 42.5 Å². The normalized spacial score (nSPS) is 10.8.